The molecule has 1 aromatic carbocycles. The van der Waals surface area contributed by atoms with Gasteiger partial charge in [-0.05, 0) is 43.0 Å². The summed E-state index contributed by atoms with van der Waals surface area (Å²) in [6.07, 6.45) is 5.69. The maximum absolute atomic E-state index is 5.52. The van der Waals surface area contributed by atoms with Crippen molar-refractivity contribution in [2.45, 2.75) is 42.0 Å². The Bertz CT molecular complexity index is 551. The SMILES string of the molecule is c1coc(CN(CC2Cc3ccccc3S2)C2CC2)c1. The molecule has 1 aliphatic heterocycles. The smallest absolute Gasteiger partial charge is 0.117 e. The summed E-state index contributed by atoms with van der Waals surface area (Å²) in [4.78, 5) is 4.09. The summed E-state index contributed by atoms with van der Waals surface area (Å²) in [5.74, 6) is 1.09. The normalized spacial score (nSPS) is 21.4. The van der Waals surface area contributed by atoms with Gasteiger partial charge in [-0.3, -0.25) is 4.90 Å². The zero-order valence-electron chi connectivity index (χ0n) is 11.5. The van der Waals surface area contributed by atoms with Crippen molar-refractivity contribution in [3.8, 4) is 0 Å². The minimum Gasteiger partial charge on any atom is -0.468 e. The minimum absolute atomic E-state index is 0.697. The summed E-state index contributed by atoms with van der Waals surface area (Å²) in [5.41, 5.74) is 1.52. The Morgan fingerprint density at radius 1 is 1.15 bits per heavy atom. The third-order valence-electron chi connectivity index (χ3n) is 4.15. The number of fused-ring (bicyclic) bond motifs is 1. The van der Waals surface area contributed by atoms with Crippen molar-refractivity contribution in [1.82, 2.24) is 4.90 Å². The van der Waals surface area contributed by atoms with Gasteiger partial charge in [-0.15, -0.1) is 11.8 Å². The van der Waals surface area contributed by atoms with Gasteiger partial charge in [0.25, 0.3) is 0 Å². The standard InChI is InChI=1S/C17H19NOS/c1-2-6-17-13(4-1)10-16(20-17)12-18(14-7-8-14)11-15-5-3-9-19-15/h1-6,9,14,16H,7-8,10-12H2. The van der Waals surface area contributed by atoms with E-state index in [9.17, 15) is 0 Å². The number of thioether (sulfide) groups is 1. The summed E-state index contributed by atoms with van der Waals surface area (Å²) in [7, 11) is 0. The van der Waals surface area contributed by atoms with Crippen LogP contribution in [-0.2, 0) is 13.0 Å². The van der Waals surface area contributed by atoms with Crippen LogP contribution in [0.2, 0.25) is 0 Å². The van der Waals surface area contributed by atoms with E-state index in [1.807, 2.05) is 6.07 Å². The maximum atomic E-state index is 5.52. The number of hydrogen-bond donors (Lipinski definition) is 0. The summed E-state index contributed by atoms with van der Waals surface area (Å²) < 4.78 is 5.52. The highest BCUT2D eigenvalue weighted by Crippen LogP contribution is 2.39. The number of rotatable bonds is 5. The average Bonchev–Trinajstić information content (AvgIpc) is 3.03. The van der Waals surface area contributed by atoms with Crippen LogP contribution in [-0.4, -0.2) is 22.7 Å². The van der Waals surface area contributed by atoms with E-state index in [2.05, 4.69) is 47.0 Å². The van der Waals surface area contributed by atoms with Gasteiger partial charge in [0, 0.05) is 22.7 Å². The van der Waals surface area contributed by atoms with Crippen LogP contribution in [0, 0.1) is 0 Å². The monoisotopic (exact) mass is 285 g/mol. The lowest BCUT2D eigenvalue weighted by Crippen LogP contribution is -2.32. The molecule has 0 saturated heterocycles. The van der Waals surface area contributed by atoms with E-state index in [4.69, 9.17) is 4.42 Å². The van der Waals surface area contributed by atoms with E-state index in [0.29, 0.717) is 5.25 Å². The molecule has 2 nitrogen and oxygen atoms in total. The quantitative estimate of drug-likeness (QED) is 0.827. The van der Waals surface area contributed by atoms with E-state index in [-0.39, 0.29) is 0 Å². The number of hydrogen-bond acceptors (Lipinski definition) is 3. The highest BCUT2D eigenvalue weighted by Gasteiger charge is 2.33. The Balaban J connectivity index is 1.42. The molecule has 0 radical (unpaired) electrons. The molecule has 2 heterocycles. The molecule has 104 valence electrons. The highest BCUT2D eigenvalue weighted by atomic mass is 32.2. The van der Waals surface area contributed by atoms with Crippen LogP contribution in [0.5, 0.6) is 0 Å². The zero-order chi connectivity index (χ0) is 13.4. The molecule has 3 heteroatoms. The Labute approximate surface area is 124 Å². The molecule has 2 aliphatic rings. The highest BCUT2D eigenvalue weighted by molar-refractivity contribution is 8.00. The minimum atomic E-state index is 0.697. The molecule has 0 N–H and O–H groups in total. The average molecular weight is 285 g/mol. The molecular weight excluding hydrogens is 266 g/mol. The third-order valence-corrected chi connectivity index (χ3v) is 5.46. The molecule has 1 fully saturated rings. The summed E-state index contributed by atoms with van der Waals surface area (Å²) >= 11 is 2.05. The third kappa shape index (κ3) is 2.65. The van der Waals surface area contributed by atoms with Gasteiger partial charge in [-0.25, -0.2) is 0 Å². The first kappa shape index (κ1) is 12.5. The lowest BCUT2D eigenvalue weighted by molar-refractivity contribution is 0.234. The molecular formula is C17H19NOS. The summed E-state index contributed by atoms with van der Waals surface area (Å²) in [6, 6.07) is 13.7. The molecule has 1 atom stereocenters. The van der Waals surface area contributed by atoms with Crippen LogP contribution in [0.1, 0.15) is 24.2 Å². The number of benzene rings is 1. The van der Waals surface area contributed by atoms with Gasteiger partial charge < -0.3 is 4.42 Å². The Morgan fingerprint density at radius 3 is 2.80 bits per heavy atom. The van der Waals surface area contributed by atoms with Crippen molar-refractivity contribution in [2.24, 2.45) is 0 Å². The van der Waals surface area contributed by atoms with E-state index in [1.54, 1.807) is 6.26 Å². The molecule has 4 rings (SSSR count). The van der Waals surface area contributed by atoms with Crippen molar-refractivity contribution < 1.29 is 4.42 Å². The van der Waals surface area contributed by atoms with Crippen LogP contribution in [0.4, 0.5) is 0 Å². The topological polar surface area (TPSA) is 16.4 Å². The number of furan rings is 1. The van der Waals surface area contributed by atoms with Crippen LogP contribution >= 0.6 is 11.8 Å². The van der Waals surface area contributed by atoms with Crippen LogP contribution in [0.15, 0.2) is 52.0 Å². The largest absolute Gasteiger partial charge is 0.468 e. The van der Waals surface area contributed by atoms with Crippen molar-refractivity contribution >= 4 is 11.8 Å². The van der Waals surface area contributed by atoms with Gasteiger partial charge in [0.2, 0.25) is 0 Å². The molecule has 1 aromatic heterocycles. The second-order valence-electron chi connectivity index (χ2n) is 5.79. The van der Waals surface area contributed by atoms with E-state index < -0.39 is 0 Å². The van der Waals surface area contributed by atoms with Crippen LogP contribution in [0.25, 0.3) is 0 Å². The van der Waals surface area contributed by atoms with E-state index >= 15 is 0 Å². The Kier molecular flexibility index (Phi) is 3.32. The van der Waals surface area contributed by atoms with Gasteiger partial charge in [0.1, 0.15) is 5.76 Å². The fraction of sp³-hybridized carbons (Fsp3) is 0.412. The van der Waals surface area contributed by atoms with Crippen molar-refractivity contribution in [3.05, 3.63) is 54.0 Å². The molecule has 0 amide bonds. The fourth-order valence-electron chi connectivity index (χ4n) is 3.00. The van der Waals surface area contributed by atoms with Crippen LogP contribution < -0.4 is 0 Å². The number of nitrogens with zero attached hydrogens (tertiary/aromatic N) is 1. The molecule has 0 spiro atoms. The van der Waals surface area contributed by atoms with Gasteiger partial charge in [0.15, 0.2) is 0 Å². The van der Waals surface area contributed by atoms with Crippen molar-refractivity contribution in [1.29, 1.82) is 0 Å². The first-order chi connectivity index (χ1) is 9.88. The molecule has 1 saturated carbocycles. The fourth-order valence-corrected chi connectivity index (χ4v) is 4.35. The molecule has 2 aromatic rings. The Hall–Kier alpha value is -1.19. The van der Waals surface area contributed by atoms with E-state index in [0.717, 1.165) is 18.3 Å². The van der Waals surface area contributed by atoms with Gasteiger partial charge in [-0.1, -0.05) is 18.2 Å². The summed E-state index contributed by atoms with van der Waals surface area (Å²) in [6.45, 7) is 2.13. The maximum Gasteiger partial charge on any atom is 0.117 e. The van der Waals surface area contributed by atoms with Gasteiger partial charge in [0.05, 0.1) is 12.8 Å². The zero-order valence-corrected chi connectivity index (χ0v) is 12.3. The second kappa shape index (κ2) is 5.30. The molecule has 20 heavy (non-hydrogen) atoms. The van der Waals surface area contributed by atoms with Gasteiger partial charge >= 0.3 is 0 Å². The van der Waals surface area contributed by atoms with Crippen LogP contribution in [0.3, 0.4) is 0 Å². The lowest BCUT2D eigenvalue weighted by Gasteiger charge is -2.23. The predicted octanol–water partition coefficient (Wildman–Crippen LogP) is 3.96. The first-order valence-corrected chi connectivity index (χ1v) is 8.27. The first-order valence-electron chi connectivity index (χ1n) is 7.39. The van der Waals surface area contributed by atoms with Crippen molar-refractivity contribution in [2.75, 3.05) is 6.54 Å². The Morgan fingerprint density at radius 2 is 2.05 bits per heavy atom. The lowest BCUT2D eigenvalue weighted by atomic mass is 10.1. The van der Waals surface area contributed by atoms with Gasteiger partial charge in [-0.2, -0.15) is 0 Å². The molecule has 1 unspecified atom stereocenters. The molecule has 0 bridgehead atoms. The van der Waals surface area contributed by atoms with Crippen molar-refractivity contribution in [3.63, 3.8) is 0 Å². The molecule has 1 aliphatic carbocycles. The second-order valence-corrected chi connectivity index (χ2v) is 7.13. The summed E-state index contributed by atoms with van der Waals surface area (Å²) in [5, 5.41) is 0.697. The van der Waals surface area contributed by atoms with E-state index in [1.165, 1.54) is 36.3 Å². The predicted molar refractivity (Wildman–Crippen MR) is 81.9 cm³/mol.